The van der Waals surface area contributed by atoms with E-state index in [2.05, 4.69) is 43.8 Å². The molecule has 1 heterocycles. The first-order chi connectivity index (χ1) is 17.3. The Morgan fingerprint density at radius 2 is 0.714 bits per heavy atom. The van der Waals surface area contributed by atoms with Crippen LogP contribution in [0, 0.1) is 0 Å². The van der Waals surface area contributed by atoms with Crippen LogP contribution in [0.5, 0.6) is 0 Å². The number of hydrogen-bond donors (Lipinski definition) is 0. The Bertz CT molecular complexity index is 527. The minimum Gasteiger partial charge on any atom is -0.205 e. The van der Waals surface area contributed by atoms with E-state index in [9.17, 15) is 0 Å². The van der Waals surface area contributed by atoms with Crippen LogP contribution in [-0.4, -0.2) is 0 Å². The third-order valence-electron chi connectivity index (χ3n) is 7.69. The van der Waals surface area contributed by atoms with E-state index >= 15 is 0 Å². The van der Waals surface area contributed by atoms with Gasteiger partial charge in [0.1, 0.15) is 6.54 Å². The molecule has 0 bridgehead atoms. The first kappa shape index (κ1) is 32.2. The van der Waals surface area contributed by atoms with Crippen molar-refractivity contribution in [2.24, 2.45) is 0 Å². The number of hydrogen-bond acceptors (Lipinski definition) is 0. The zero-order chi connectivity index (χ0) is 25.2. The van der Waals surface area contributed by atoms with Gasteiger partial charge in [-0.25, -0.2) is 4.57 Å². The predicted octanol–water partition coefficient (Wildman–Crippen LogP) is 11.1. The smallest absolute Gasteiger partial charge is 0.171 e. The monoisotopic (exact) mass is 487 g/mol. The fraction of sp³-hybridized carbons (Fsp3) is 0.853. The first-order valence-electron chi connectivity index (χ1n) is 16.3. The summed E-state index contributed by atoms with van der Waals surface area (Å²) in [6.07, 6.45) is 39.9. The molecule has 1 rings (SSSR count). The Balaban J connectivity index is 2.40. The van der Waals surface area contributed by atoms with E-state index in [4.69, 9.17) is 0 Å². The fourth-order valence-corrected chi connectivity index (χ4v) is 5.36. The van der Waals surface area contributed by atoms with Crippen molar-refractivity contribution in [1.82, 2.24) is 0 Å². The Hall–Kier alpha value is -0.850. The van der Waals surface area contributed by atoms with Crippen molar-refractivity contribution in [3.8, 4) is 0 Å². The summed E-state index contributed by atoms with van der Waals surface area (Å²) < 4.78 is 2.55. The maximum Gasteiger partial charge on any atom is 0.171 e. The van der Waals surface area contributed by atoms with E-state index < -0.39 is 0 Å². The number of unbranched alkanes of at least 4 members (excludes halogenated alkanes) is 20. The number of aromatic nitrogens is 1. The SMILES string of the molecule is CCCCCCCCCCC[n+]1cc(CCCCCCCCC)cc(CCCCCCCCC)c1. The Labute approximate surface area is 221 Å². The molecule has 0 amide bonds. The van der Waals surface area contributed by atoms with Crippen molar-refractivity contribution in [3.63, 3.8) is 0 Å². The van der Waals surface area contributed by atoms with Crippen molar-refractivity contribution in [2.45, 2.75) is 188 Å². The van der Waals surface area contributed by atoms with Crippen molar-refractivity contribution in [1.29, 1.82) is 0 Å². The van der Waals surface area contributed by atoms with Gasteiger partial charge >= 0.3 is 0 Å². The fourth-order valence-electron chi connectivity index (χ4n) is 5.36. The molecule has 0 aliphatic rings. The Morgan fingerprint density at radius 3 is 1.09 bits per heavy atom. The zero-order valence-electron chi connectivity index (χ0n) is 24.6. The number of pyridine rings is 1. The number of nitrogens with zero attached hydrogens (tertiary/aromatic N) is 1. The molecule has 0 aliphatic carbocycles. The molecule has 0 spiro atoms. The molecular formula is C34H64N+. The van der Waals surface area contributed by atoms with E-state index in [0.29, 0.717) is 0 Å². The second-order valence-electron chi connectivity index (χ2n) is 11.4. The molecule has 1 aromatic rings. The van der Waals surface area contributed by atoms with Crippen molar-refractivity contribution in [2.75, 3.05) is 0 Å². The third kappa shape index (κ3) is 20.0. The molecule has 0 N–H and O–H groups in total. The van der Waals surface area contributed by atoms with Crippen molar-refractivity contribution >= 4 is 0 Å². The summed E-state index contributed by atoms with van der Waals surface area (Å²) in [6.45, 7) is 8.14. The standard InChI is InChI=1S/C34H64N/c1-4-7-10-13-16-17-20-23-26-29-35-31-33(27-24-21-18-14-11-8-5-2)30-34(32-35)28-25-22-19-15-12-9-6-3/h30-32H,4-29H2,1-3H3/q+1. The lowest BCUT2D eigenvalue weighted by Gasteiger charge is -2.07. The summed E-state index contributed by atoms with van der Waals surface area (Å²) in [5, 5.41) is 0. The molecule has 0 saturated heterocycles. The molecule has 1 aromatic heterocycles. The molecule has 35 heavy (non-hydrogen) atoms. The first-order valence-corrected chi connectivity index (χ1v) is 16.3. The minimum atomic E-state index is 1.21. The lowest BCUT2D eigenvalue weighted by Crippen LogP contribution is -2.34. The van der Waals surface area contributed by atoms with Crippen LogP contribution in [0.15, 0.2) is 18.5 Å². The van der Waals surface area contributed by atoms with Gasteiger partial charge in [-0.15, -0.1) is 0 Å². The molecule has 0 unspecified atom stereocenters. The van der Waals surface area contributed by atoms with Gasteiger partial charge in [0, 0.05) is 17.5 Å². The second-order valence-corrected chi connectivity index (χ2v) is 11.4. The Kier molecular flexibility index (Phi) is 22.8. The van der Waals surface area contributed by atoms with Gasteiger partial charge in [-0.1, -0.05) is 143 Å². The molecule has 0 atom stereocenters. The van der Waals surface area contributed by atoms with Crippen LogP contribution >= 0.6 is 0 Å². The molecule has 0 saturated carbocycles. The predicted molar refractivity (Wildman–Crippen MR) is 157 cm³/mol. The number of aryl methyl sites for hydroxylation is 3. The summed E-state index contributed by atoms with van der Waals surface area (Å²) in [7, 11) is 0. The second kappa shape index (κ2) is 24.8. The van der Waals surface area contributed by atoms with Crippen LogP contribution in [-0.2, 0) is 19.4 Å². The van der Waals surface area contributed by atoms with Gasteiger partial charge in [-0.05, 0) is 38.2 Å². The van der Waals surface area contributed by atoms with Gasteiger partial charge < -0.3 is 0 Å². The summed E-state index contributed by atoms with van der Waals surface area (Å²) in [6, 6.07) is 2.54. The van der Waals surface area contributed by atoms with Crippen LogP contribution in [0.1, 0.15) is 180 Å². The van der Waals surface area contributed by atoms with Crippen molar-refractivity contribution < 1.29 is 4.57 Å². The summed E-state index contributed by atoms with van der Waals surface area (Å²) >= 11 is 0. The summed E-state index contributed by atoms with van der Waals surface area (Å²) in [4.78, 5) is 0. The van der Waals surface area contributed by atoms with Gasteiger partial charge in [0.15, 0.2) is 12.4 Å². The minimum absolute atomic E-state index is 1.21. The van der Waals surface area contributed by atoms with E-state index in [-0.39, 0.29) is 0 Å². The maximum atomic E-state index is 2.55. The molecule has 0 fully saturated rings. The largest absolute Gasteiger partial charge is 0.205 e. The lowest BCUT2D eigenvalue weighted by molar-refractivity contribution is -0.698. The zero-order valence-corrected chi connectivity index (χ0v) is 24.6. The average Bonchev–Trinajstić information content (AvgIpc) is 2.86. The topological polar surface area (TPSA) is 3.88 Å². The van der Waals surface area contributed by atoms with Gasteiger partial charge in [-0.3, -0.25) is 0 Å². The molecule has 0 aromatic carbocycles. The van der Waals surface area contributed by atoms with Gasteiger partial charge in [-0.2, -0.15) is 0 Å². The highest BCUT2D eigenvalue weighted by molar-refractivity contribution is 5.15. The van der Waals surface area contributed by atoms with Crippen molar-refractivity contribution in [3.05, 3.63) is 29.6 Å². The highest BCUT2D eigenvalue weighted by Crippen LogP contribution is 2.15. The van der Waals surface area contributed by atoms with Crippen LogP contribution in [0.25, 0.3) is 0 Å². The molecule has 1 heteroatoms. The molecule has 0 aliphatic heterocycles. The molecular weight excluding hydrogens is 422 g/mol. The molecule has 1 nitrogen and oxygen atoms in total. The molecule has 0 radical (unpaired) electrons. The van der Waals surface area contributed by atoms with E-state index in [0.717, 1.165) is 0 Å². The van der Waals surface area contributed by atoms with Crippen LogP contribution in [0.2, 0.25) is 0 Å². The van der Waals surface area contributed by atoms with Gasteiger partial charge in [0.2, 0.25) is 0 Å². The molecule has 204 valence electrons. The number of rotatable bonds is 26. The van der Waals surface area contributed by atoms with Gasteiger partial charge in [0.05, 0.1) is 0 Å². The quantitative estimate of drug-likeness (QED) is 0.0905. The highest BCUT2D eigenvalue weighted by atomic mass is 14.9. The highest BCUT2D eigenvalue weighted by Gasteiger charge is 2.08. The third-order valence-corrected chi connectivity index (χ3v) is 7.69. The lowest BCUT2D eigenvalue weighted by atomic mass is 10.0. The van der Waals surface area contributed by atoms with Gasteiger partial charge in [0.25, 0.3) is 0 Å². The van der Waals surface area contributed by atoms with E-state index in [1.54, 1.807) is 11.1 Å². The van der Waals surface area contributed by atoms with E-state index in [1.165, 1.54) is 167 Å². The summed E-state index contributed by atoms with van der Waals surface area (Å²) in [5.74, 6) is 0. The van der Waals surface area contributed by atoms with E-state index in [1.807, 2.05) is 0 Å². The Morgan fingerprint density at radius 1 is 0.400 bits per heavy atom. The van der Waals surface area contributed by atoms with Crippen LogP contribution in [0.3, 0.4) is 0 Å². The van der Waals surface area contributed by atoms with Crippen LogP contribution in [0.4, 0.5) is 0 Å². The average molecular weight is 487 g/mol. The normalized spacial score (nSPS) is 11.4. The maximum absolute atomic E-state index is 2.55. The summed E-state index contributed by atoms with van der Waals surface area (Å²) in [5.41, 5.74) is 3.19. The van der Waals surface area contributed by atoms with Crippen LogP contribution < -0.4 is 4.57 Å².